The van der Waals surface area contributed by atoms with Crippen molar-refractivity contribution in [1.82, 2.24) is 0 Å². The lowest BCUT2D eigenvalue weighted by molar-refractivity contribution is 1.38. The Bertz CT molecular complexity index is 251. The van der Waals surface area contributed by atoms with Gasteiger partial charge in [0, 0.05) is 0 Å². The van der Waals surface area contributed by atoms with Crippen LogP contribution in [0.2, 0.25) is 0 Å². The second-order valence-electron chi connectivity index (χ2n) is 2.42. The van der Waals surface area contributed by atoms with E-state index in [0.717, 1.165) is 5.56 Å². The van der Waals surface area contributed by atoms with Gasteiger partial charge in [0.15, 0.2) is 0 Å². The number of hydrogen-bond acceptors (Lipinski definition) is 1. The summed E-state index contributed by atoms with van der Waals surface area (Å²) in [6, 6.07) is 6.15. The van der Waals surface area contributed by atoms with Crippen LogP contribution in [0.25, 0.3) is 0 Å². The lowest BCUT2D eigenvalue weighted by Crippen LogP contribution is -1.84. The Morgan fingerprint density at radius 3 is 2.50 bits per heavy atom. The van der Waals surface area contributed by atoms with Gasteiger partial charge in [-0.25, -0.2) is 0 Å². The molecule has 0 aliphatic carbocycles. The Kier molecular flexibility index (Phi) is 2.17. The van der Waals surface area contributed by atoms with Gasteiger partial charge in [0.2, 0.25) is 0 Å². The summed E-state index contributed by atoms with van der Waals surface area (Å²) in [5.41, 5.74) is 3.50. The standard InChI is InChI=1S/C9H9S/c1-7-3-4-9(6-10)8(2)5-7/h3-5H,1-2H3. The molecule has 0 nitrogen and oxygen atoms in total. The molecule has 51 valence electrons. The first-order valence-corrected chi connectivity index (χ1v) is 3.60. The predicted molar refractivity (Wildman–Crippen MR) is 47.6 cm³/mol. The van der Waals surface area contributed by atoms with E-state index in [-0.39, 0.29) is 0 Å². The van der Waals surface area contributed by atoms with Crippen molar-refractivity contribution in [3.8, 4) is 0 Å². The minimum absolute atomic E-state index is 1.03. The fourth-order valence-electron chi connectivity index (χ4n) is 0.928. The summed E-state index contributed by atoms with van der Waals surface area (Å²) < 4.78 is 0. The van der Waals surface area contributed by atoms with Crippen molar-refractivity contribution in [3.63, 3.8) is 0 Å². The van der Waals surface area contributed by atoms with Gasteiger partial charge in [-0.05, 0) is 25.0 Å². The fourth-order valence-corrected chi connectivity index (χ4v) is 1.16. The van der Waals surface area contributed by atoms with E-state index in [0.29, 0.717) is 0 Å². The molecule has 10 heavy (non-hydrogen) atoms. The molecule has 0 saturated carbocycles. The van der Waals surface area contributed by atoms with E-state index in [1.807, 2.05) is 19.1 Å². The predicted octanol–water partition coefficient (Wildman–Crippen LogP) is 2.53. The fraction of sp³-hybridized carbons (Fsp3) is 0.222. The van der Waals surface area contributed by atoms with Gasteiger partial charge in [-0.15, -0.1) is 0 Å². The van der Waals surface area contributed by atoms with Crippen LogP contribution in [0, 0.1) is 13.8 Å². The van der Waals surface area contributed by atoms with Crippen LogP contribution in [0.3, 0.4) is 0 Å². The van der Waals surface area contributed by atoms with Crippen molar-refractivity contribution in [1.29, 1.82) is 0 Å². The Labute approximate surface area is 66.9 Å². The van der Waals surface area contributed by atoms with Gasteiger partial charge < -0.3 is 0 Å². The second kappa shape index (κ2) is 2.93. The first-order chi connectivity index (χ1) is 4.74. The number of rotatable bonds is 1. The number of thiocarbonyl (C=S) groups is 1. The van der Waals surface area contributed by atoms with Crippen LogP contribution in [0.5, 0.6) is 0 Å². The summed E-state index contributed by atoms with van der Waals surface area (Å²) in [6.07, 6.45) is 0. The number of aryl methyl sites for hydroxylation is 2. The summed E-state index contributed by atoms with van der Waals surface area (Å²) in [7, 11) is 0. The minimum atomic E-state index is 1.03. The zero-order valence-corrected chi connectivity index (χ0v) is 6.96. The highest BCUT2D eigenvalue weighted by atomic mass is 32.1. The molecular weight excluding hydrogens is 140 g/mol. The van der Waals surface area contributed by atoms with Crippen LogP contribution < -0.4 is 0 Å². The van der Waals surface area contributed by atoms with Gasteiger partial charge in [0.1, 0.15) is 0 Å². The molecule has 1 aromatic rings. The highest BCUT2D eigenvalue weighted by Crippen LogP contribution is 2.07. The van der Waals surface area contributed by atoms with Crippen molar-refractivity contribution >= 4 is 17.6 Å². The number of benzene rings is 1. The van der Waals surface area contributed by atoms with Gasteiger partial charge in [0.05, 0.1) is 5.37 Å². The maximum Gasteiger partial charge on any atom is 0.0638 e. The molecule has 0 amide bonds. The zero-order valence-electron chi connectivity index (χ0n) is 6.14. The Morgan fingerprint density at radius 1 is 1.30 bits per heavy atom. The summed E-state index contributed by atoms with van der Waals surface area (Å²) >= 11 is 4.70. The van der Waals surface area contributed by atoms with E-state index in [1.165, 1.54) is 11.1 Å². The highest BCUT2D eigenvalue weighted by Gasteiger charge is 1.92. The van der Waals surface area contributed by atoms with Crippen LogP contribution in [-0.4, -0.2) is 5.37 Å². The Balaban J connectivity index is 3.19. The zero-order chi connectivity index (χ0) is 7.56. The molecule has 0 aromatic heterocycles. The van der Waals surface area contributed by atoms with E-state index in [9.17, 15) is 0 Å². The van der Waals surface area contributed by atoms with E-state index in [1.54, 1.807) is 0 Å². The molecule has 0 N–H and O–H groups in total. The molecule has 1 radical (unpaired) electrons. The highest BCUT2D eigenvalue weighted by molar-refractivity contribution is 7.79. The SMILES string of the molecule is Cc1ccc([C]=S)c(C)c1. The van der Waals surface area contributed by atoms with Crippen molar-refractivity contribution < 1.29 is 0 Å². The average molecular weight is 149 g/mol. The quantitative estimate of drug-likeness (QED) is 0.553. The molecule has 1 rings (SSSR count). The Hall–Kier alpha value is -0.690. The summed E-state index contributed by atoms with van der Waals surface area (Å²) in [4.78, 5) is 0. The molecule has 0 atom stereocenters. The monoisotopic (exact) mass is 149 g/mol. The molecule has 0 fully saturated rings. The third-order valence-corrected chi connectivity index (χ3v) is 1.71. The third-order valence-electron chi connectivity index (χ3n) is 1.49. The van der Waals surface area contributed by atoms with Crippen molar-refractivity contribution in [3.05, 3.63) is 34.9 Å². The van der Waals surface area contributed by atoms with Crippen LogP contribution in [0.15, 0.2) is 18.2 Å². The summed E-state index contributed by atoms with van der Waals surface area (Å²) in [5.74, 6) is 0. The number of hydrogen-bond donors (Lipinski definition) is 0. The summed E-state index contributed by atoms with van der Waals surface area (Å²) in [6.45, 7) is 4.11. The van der Waals surface area contributed by atoms with Gasteiger partial charge >= 0.3 is 0 Å². The lowest BCUT2D eigenvalue weighted by atomic mass is 10.1. The van der Waals surface area contributed by atoms with Crippen molar-refractivity contribution in [2.24, 2.45) is 0 Å². The molecule has 1 aromatic carbocycles. The minimum Gasteiger partial charge on any atom is -0.0778 e. The first kappa shape index (κ1) is 7.42. The normalized spacial score (nSPS) is 9.40. The second-order valence-corrected chi connectivity index (χ2v) is 2.62. The van der Waals surface area contributed by atoms with Gasteiger partial charge in [-0.3, -0.25) is 0 Å². The van der Waals surface area contributed by atoms with Crippen LogP contribution in [0.1, 0.15) is 16.7 Å². The molecule has 0 aliphatic rings. The van der Waals surface area contributed by atoms with E-state index < -0.39 is 0 Å². The van der Waals surface area contributed by atoms with E-state index >= 15 is 0 Å². The maximum atomic E-state index is 4.70. The van der Waals surface area contributed by atoms with Gasteiger partial charge in [-0.2, -0.15) is 0 Å². The van der Waals surface area contributed by atoms with E-state index in [2.05, 4.69) is 18.4 Å². The maximum absolute atomic E-state index is 4.70. The van der Waals surface area contributed by atoms with Gasteiger partial charge in [0.25, 0.3) is 0 Å². The van der Waals surface area contributed by atoms with Crippen molar-refractivity contribution in [2.75, 3.05) is 0 Å². The molecular formula is C9H9S. The molecule has 0 bridgehead atoms. The average Bonchev–Trinajstić information content (AvgIpc) is 1.88. The largest absolute Gasteiger partial charge is 0.0778 e. The molecule has 1 heteroatoms. The lowest BCUT2D eigenvalue weighted by Gasteiger charge is -1.98. The van der Waals surface area contributed by atoms with E-state index in [4.69, 9.17) is 12.2 Å². The van der Waals surface area contributed by atoms with Crippen LogP contribution in [0.4, 0.5) is 0 Å². The molecule has 0 unspecified atom stereocenters. The Morgan fingerprint density at radius 2 is 2.00 bits per heavy atom. The summed E-state index contributed by atoms with van der Waals surface area (Å²) in [5, 5.41) is 2.71. The smallest absolute Gasteiger partial charge is 0.0638 e. The first-order valence-electron chi connectivity index (χ1n) is 3.19. The van der Waals surface area contributed by atoms with Gasteiger partial charge in [-0.1, -0.05) is 36.0 Å². The molecule has 0 saturated heterocycles. The van der Waals surface area contributed by atoms with Crippen molar-refractivity contribution in [2.45, 2.75) is 13.8 Å². The molecule has 0 heterocycles. The topological polar surface area (TPSA) is 0 Å². The molecule has 0 aliphatic heterocycles. The van der Waals surface area contributed by atoms with Crippen LogP contribution >= 0.6 is 12.2 Å². The molecule has 0 spiro atoms. The third kappa shape index (κ3) is 1.42. The van der Waals surface area contributed by atoms with Crippen LogP contribution in [-0.2, 0) is 0 Å².